The van der Waals surface area contributed by atoms with Crippen molar-refractivity contribution in [3.63, 3.8) is 0 Å². The maximum atomic E-state index is 13.5. The quantitative estimate of drug-likeness (QED) is 0.241. The van der Waals surface area contributed by atoms with E-state index in [0.29, 0.717) is 47.3 Å². The van der Waals surface area contributed by atoms with E-state index in [0.717, 1.165) is 11.1 Å². The van der Waals surface area contributed by atoms with Crippen LogP contribution in [0.1, 0.15) is 42.1 Å². The van der Waals surface area contributed by atoms with Gasteiger partial charge in [-0.25, -0.2) is 0 Å². The van der Waals surface area contributed by atoms with Crippen LogP contribution in [0, 0.1) is 13.8 Å². The van der Waals surface area contributed by atoms with E-state index >= 15 is 0 Å². The van der Waals surface area contributed by atoms with E-state index in [-0.39, 0.29) is 11.3 Å². The molecule has 0 aliphatic carbocycles. The van der Waals surface area contributed by atoms with Crippen molar-refractivity contribution in [1.82, 2.24) is 0 Å². The smallest absolute Gasteiger partial charge is 0.300 e. The summed E-state index contributed by atoms with van der Waals surface area (Å²) in [5.74, 6) is -0.197. The molecule has 4 rings (SSSR count). The van der Waals surface area contributed by atoms with Gasteiger partial charge in [0.25, 0.3) is 11.7 Å². The molecule has 1 heterocycles. The summed E-state index contributed by atoms with van der Waals surface area (Å²) < 4.78 is 16.8. The second-order valence-electron chi connectivity index (χ2n) is 8.76. The summed E-state index contributed by atoms with van der Waals surface area (Å²) in [5.41, 5.74) is 3.44. The summed E-state index contributed by atoms with van der Waals surface area (Å²) in [6, 6.07) is 16.9. The van der Waals surface area contributed by atoms with Gasteiger partial charge < -0.3 is 19.3 Å². The predicted molar refractivity (Wildman–Crippen MR) is 142 cm³/mol. The number of anilines is 1. The molecule has 0 aromatic heterocycles. The van der Waals surface area contributed by atoms with Crippen LogP contribution in [0.15, 0.2) is 66.2 Å². The van der Waals surface area contributed by atoms with Crippen molar-refractivity contribution in [1.29, 1.82) is 0 Å². The summed E-state index contributed by atoms with van der Waals surface area (Å²) in [5, 5.41) is 11.5. The Labute approximate surface area is 216 Å². The second-order valence-corrected chi connectivity index (χ2v) is 8.76. The fourth-order valence-corrected chi connectivity index (χ4v) is 4.66. The Morgan fingerprint density at radius 2 is 1.68 bits per heavy atom. The molecule has 1 aliphatic heterocycles. The van der Waals surface area contributed by atoms with Crippen LogP contribution < -0.4 is 19.1 Å². The van der Waals surface area contributed by atoms with Gasteiger partial charge in [0, 0.05) is 11.3 Å². The molecule has 1 fully saturated rings. The standard InChI is InChI=1S/C30H31NO6/c1-6-36-22-10-8-9-21(16-22)28(32)26-27(20-12-14-24(35-5)25(17-20)37-7-2)31(30(34)29(26)33)23-13-11-18(3)15-19(23)4/h8-17,27,32H,6-7H2,1-5H3/b28-26+. The van der Waals surface area contributed by atoms with Crippen LogP contribution >= 0.6 is 0 Å². The molecule has 0 radical (unpaired) electrons. The first kappa shape index (κ1) is 25.8. The lowest BCUT2D eigenvalue weighted by atomic mass is 9.94. The first-order chi connectivity index (χ1) is 17.8. The van der Waals surface area contributed by atoms with E-state index < -0.39 is 17.7 Å². The molecular weight excluding hydrogens is 470 g/mol. The highest BCUT2D eigenvalue weighted by molar-refractivity contribution is 6.51. The number of aliphatic hydroxyl groups excluding tert-OH is 1. The van der Waals surface area contributed by atoms with Gasteiger partial charge in [-0.05, 0) is 69.2 Å². The van der Waals surface area contributed by atoms with Gasteiger partial charge in [0.2, 0.25) is 0 Å². The molecular formula is C30H31NO6. The van der Waals surface area contributed by atoms with Crippen LogP contribution in [0.4, 0.5) is 5.69 Å². The lowest BCUT2D eigenvalue weighted by Gasteiger charge is -2.27. The fraction of sp³-hybridized carbons (Fsp3) is 0.267. The molecule has 1 atom stereocenters. The van der Waals surface area contributed by atoms with E-state index in [1.165, 1.54) is 4.90 Å². The summed E-state index contributed by atoms with van der Waals surface area (Å²) in [6.45, 7) is 8.44. The van der Waals surface area contributed by atoms with Gasteiger partial charge in [0.15, 0.2) is 11.5 Å². The van der Waals surface area contributed by atoms with E-state index in [9.17, 15) is 14.7 Å². The number of ketones is 1. The van der Waals surface area contributed by atoms with Crippen LogP contribution in [-0.2, 0) is 9.59 Å². The molecule has 37 heavy (non-hydrogen) atoms. The van der Waals surface area contributed by atoms with E-state index in [2.05, 4.69) is 0 Å². The minimum atomic E-state index is -0.887. The highest BCUT2D eigenvalue weighted by Gasteiger charge is 2.47. The average molecular weight is 502 g/mol. The zero-order valence-electron chi connectivity index (χ0n) is 21.7. The Morgan fingerprint density at radius 3 is 2.35 bits per heavy atom. The molecule has 3 aromatic rings. The van der Waals surface area contributed by atoms with E-state index in [1.807, 2.05) is 45.9 Å². The van der Waals surface area contributed by atoms with Crippen molar-refractivity contribution in [3.05, 3.63) is 88.5 Å². The Morgan fingerprint density at radius 1 is 0.919 bits per heavy atom. The highest BCUT2D eigenvalue weighted by Crippen LogP contribution is 2.45. The largest absolute Gasteiger partial charge is 0.507 e. The van der Waals surface area contributed by atoms with Gasteiger partial charge in [0.1, 0.15) is 11.5 Å². The lowest BCUT2D eigenvalue weighted by Crippen LogP contribution is -2.30. The Bertz CT molecular complexity index is 1380. The molecule has 0 saturated carbocycles. The molecule has 1 aliphatic rings. The van der Waals surface area contributed by atoms with Crippen LogP contribution in [0.3, 0.4) is 0 Å². The van der Waals surface area contributed by atoms with E-state index in [4.69, 9.17) is 14.2 Å². The highest BCUT2D eigenvalue weighted by atomic mass is 16.5. The van der Waals surface area contributed by atoms with E-state index in [1.54, 1.807) is 49.6 Å². The number of carbonyl (C=O) groups is 2. The predicted octanol–water partition coefficient (Wildman–Crippen LogP) is 5.74. The molecule has 3 aromatic carbocycles. The van der Waals surface area contributed by atoms with Crippen molar-refractivity contribution < 1.29 is 28.9 Å². The molecule has 1 N–H and O–H groups in total. The molecule has 7 nitrogen and oxygen atoms in total. The number of rotatable bonds is 8. The normalized spacial score (nSPS) is 16.7. The number of amides is 1. The second kappa shape index (κ2) is 10.8. The number of hydrogen-bond acceptors (Lipinski definition) is 6. The number of Topliss-reactive ketones (excluding diaryl/α,β-unsaturated/α-hetero) is 1. The van der Waals surface area contributed by atoms with Crippen LogP contribution in [0.5, 0.6) is 17.2 Å². The number of benzene rings is 3. The number of carbonyl (C=O) groups excluding carboxylic acids is 2. The number of hydrogen-bond donors (Lipinski definition) is 1. The summed E-state index contributed by atoms with van der Waals surface area (Å²) in [7, 11) is 1.55. The van der Waals surface area contributed by atoms with Gasteiger partial charge >= 0.3 is 0 Å². The van der Waals surface area contributed by atoms with Crippen molar-refractivity contribution in [2.75, 3.05) is 25.2 Å². The minimum Gasteiger partial charge on any atom is -0.507 e. The first-order valence-corrected chi connectivity index (χ1v) is 12.2. The van der Waals surface area contributed by atoms with Crippen LogP contribution in [-0.4, -0.2) is 37.1 Å². The molecule has 192 valence electrons. The average Bonchev–Trinajstić information content (AvgIpc) is 3.14. The van der Waals surface area contributed by atoms with Crippen LogP contribution in [0.2, 0.25) is 0 Å². The molecule has 0 spiro atoms. The number of aryl methyl sites for hydroxylation is 2. The maximum Gasteiger partial charge on any atom is 0.300 e. The molecule has 1 saturated heterocycles. The molecule has 1 unspecified atom stereocenters. The van der Waals surface area contributed by atoms with Gasteiger partial charge in [-0.3, -0.25) is 14.5 Å². The summed E-state index contributed by atoms with van der Waals surface area (Å²) in [4.78, 5) is 28.5. The Kier molecular flexibility index (Phi) is 7.53. The third-order valence-corrected chi connectivity index (χ3v) is 6.28. The Balaban J connectivity index is 1.97. The monoisotopic (exact) mass is 501 g/mol. The first-order valence-electron chi connectivity index (χ1n) is 12.2. The lowest BCUT2D eigenvalue weighted by molar-refractivity contribution is -0.132. The topological polar surface area (TPSA) is 85.3 Å². The van der Waals surface area contributed by atoms with Crippen molar-refractivity contribution in [2.45, 2.75) is 33.7 Å². The zero-order valence-corrected chi connectivity index (χ0v) is 21.7. The van der Waals surface area contributed by atoms with Gasteiger partial charge in [0.05, 0.1) is 31.9 Å². The van der Waals surface area contributed by atoms with Crippen molar-refractivity contribution >= 4 is 23.1 Å². The SMILES string of the molecule is CCOc1cccc(/C(O)=C2\C(=O)C(=O)N(c3ccc(C)cc3C)C2c2ccc(OC)c(OCC)c2)c1. The maximum absolute atomic E-state index is 13.5. The number of ether oxygens (including phenoxy) is 3. The van der Waals surface area contributed by atoms with Crippen LogP contribution in [0.25, 0.3) is 5.76 Å². The number of aliphatic hydroxyl groups is 1. The van der Waals surface area contributed by atoms with Gasteiger partial charge in [-0.1, -0.05) is 35.9 Å². The van der Waals surface area contributed by atoms with Crippen molar-refractivity contribution in [2.24, 2.45) is 0 Å². The molecule has 0 bridgehead atoms. The molecule has 1 amide bonds. The number of methoxy groups -OCH3 is 1. The van der Waals surface area contributed by atoms with Crippen molar-refractivity contribution in [3.8, 4) is 17.2 Å². The minimum absolute atomic E-state index is 0.00811. The Hall–Kier alpha value is -4.26. The summed E-state index contributed by atoms with van der Waals surface area (Å²) in [6.07, 6.45) is 0. The summed E-state index contributed by atoms with van der Waals surface area (Å²) >= 11 is 0. The van der Waals surface area contributed by atoms with Gasteiger partial charge in [-0.2, -0.15) is 0 Å². The zero-order chi connectivity index (χ0) is 26.7. The third kappa shape index (κ3) is 4.89. The number of nitrogens with zero attached hydrogens (tertiary/aromatic N) is 1. The van der Waals surface area contributed by atoms with Gasteiger partial charge in [-0.15, -0.1) is 0 Å². The molecule has 7 heteroatoms. The third-order valence-electron chi connectivity index (χ3n) is 6.28. The fourth-order valence-electron chi connectivity index (χ4n) is 4.66.